The largest absolute Gasteiger partial charge is 0.339 e. The van der Waals surface area contributed by atoms with E-state index in [1.54, 1.807) is 18.2 Å². The summed E-state index contributed by atoms with van der Waals surface area (Å²) in [5, 5.41) is -0.336. The van der Waals surface area contributed by atoms with E-state index in [4.69, 9.17) is 5.73 Å². The second-order valence-electron chi connectivity index (χ2n) is 6.70. The average Bonchev–Trinajstić information content (AvgIpc) is 2.95. The smallest absolute Gasteiger partial charge is 0.236 e. The summed E-state index contributed by atoms with van der Waals surface area (Å²) in [5.74, 6) is 0.526. The molecule has 0 radical (unpaired) electrons. The van der Waals surface area contributed by atoms with E-state index < -0.39 is 9.84 Å². The topological polar surface area (TPSA) is 80.5 Å². The molecule has 1 aliphatic heterocycles. The minimum atomic E-state index is -3.32. The Morgan fingerprint density at radius 3 is 2.68 bits per heavy atom. The number of likely N-dealkylation sites (tertiary alicyclic amines) is 1. The van der Waals surface area contributed by atoms with Crippen molar-refractivity contribution < 1.29 is 13.2 Å². The SMILES string of the molecule is CCCS(=O)(=O)c1ccccc1SC(C)C(=O)N1CC(CN)CC1C. The van der Waals surface area contributed by atoms with Crippen LogP contribution in [-0.2, 0) is 14.6 Å². The number of thioether (sulfide) groups is 1. The molecule has 1 aliphatic rings. The molecule has 3 atom stereocenters. The molecule has 2 rings (SSSR count). The van der Waals surface area contributed by atoms with Crippen LogP contribution < -0.4 is 5.73 Å². The molecule has 140 valence electrons. The molecule has 0 aliphatic carbocycles. The van der Waals surface area contributed by atoms with Crippen molar-refractivity contribution in [3.8, 4) is 0 Å². The van der Waals surface area contributed by atoms with E-state index in [9.17, 15) is 13.2 Å². The number of hydrogen-bond acceptors (Lipinski definition) is 5. The number of amides is 1. The predicted octanol–water partition coefficient (Wildman–Crippen LogP) is 2.55. The lowest BCUT2D eigenvalue weighted by Gasteiger charge is -2.25. The minimum Gasteiger partial charge on any atom is -0.339 e. The summed E-state index contributed by atoms with van der Waals surface area (Å²) >= 11 is 1.33. The van der Waals surface area contributed by atoms with Gasteiger partial charge in [0.25, 0.3) is 0 Å². The van der Waals surface area contributed by atoms with E-state index in [2.05, 4.69) is 0 Å². The van der Waals surface area contributed by atoms with Crippen molar-refractivity contribution in [2.24, 2.45) is 11.7 Å². The van der Waals surface area contributed by atoms with Gasteiger partial charge in [-0.15, -0.1) is 11.8 Å². The monoisotopic (exact) mass is 384 g/mol. The maximum atomic E-state index is 12.8. The van der Waals surface area contributed by atoms with Gasteiger partial charge in [0, 0.05) is 17.5 Å². The number of benzene rings is 1. The van der Waals surface area contributed by atoms with Crippen LogP contribution in [0.5, 0.6) is 0 Å². The summed E-state index contributed by atoms with van der Waals surface area (Å²) in [4.78, 5) is 15.7. The second-order valence-corrected chi connectivity index (χ2v) is 10.2. The molecule has 1 aromatic rings. The van der Waals surface area contributed by atoms with Crippen LogP contribution in [0.15, 0.2) is 34.1 Å². The molecule has 3 unspecified atom stereocenters. The first-order valence-corrected chi connectivity index (χ1v) is 11.3. The summed E-state index contributed by atoms with van der Waals surface area (Å²) in [6.45, 7) is 7.02. The van der Waals surface area contributed by atoms with Gasteiger partial charge in [-0.2, -0.15) is 0 Å². The highest BCUT2D eigenvalue weighted by Crippen LogP contribution is 2.33. The summed E-state index contributed by atoms with van der Waals surface area (Å²) in [6.07, 6.45) is 1.50. The van der Waals surface area contributed by atoms with Crippen LogP contribution in [0.2, 0.25) is 0 Å². The normalized spacial score (nSPS) is 22.2. The summed E-state index contributed by atoms with van der Waals surface area (Å²) < 4.78 is 24.9. The highest BCUT2D eigenvalue weighted by molar-refractivity contribution is 8.01. The van der Waals surface area contributed by atoms with Crippen molar-refractivity contribution in [3.05, 3.63) is 24.3 Å². The van der Waals surface area contributed by atoms with E-state index in [0.29, 0.717) is 35.2 Å². The molecule has 0 bridgehead atoms. The molecule has 0 spiro atoms. The number of hydrogen-bond donors (Lipinski definition) is 1. The maximum absolute atomic E-state index is 12.8. The third-order valence-corrected chi connectivity index (χ3v) is 7.85. The number of nitrogens with zero attached hydrogens (tertiary/aromatic N) is 1. The average molecular weight is 385 g/mol. The number of nitrogens with two attached hydrogens (primary N) is 1. The Morgan fingerprint density at radius 2 is 2.08 bits per heavy atom. The number of carbonyl (C=O) groups excluding carboxylic acids is 1. The standard InChI is InChI=1S/C18H28N2O3S2/c1-4-9-25(22,23)17-8-6-5-7-16(17)24-14(3)18(21)20-12-15(11-19)10-13(20)2/h5-8,13-15H,4,9-12,19H2,1-3H3. The van der Waals surface area contributed by atoms with Gasteiger partial charge in [0.15, 0.2) is 9.84 Å². The maximum Gasteiger partial charge on any atom is 0.236 e. The van der Waals surface area contributed by atoms with Crippen LogP contribution in [0.3, 0.4) is 0 Å². The van der Waals surface area contributed by atoms with E-state index in [1.807, 2.05) is 31.7 Å². The van der Waals surface area contributed by atoms with Gasteiger partial charge in [0.1, 0.15) is 0 Å². The van der Waals surface area contributed by atoms with Gasteiger partial charge in [-0.25, -0.2) is 8.42 Å². The molecule has 1 aromatic carbocycles. The highest BCUT2D eigenvalue weighted by Gasteiger charge is 2.34. The second kappa shape index (κ2) is 8.56. The molecular weight excluding hydrogens is 356 g/mol. The Balaban J connectivity index is 2.16. The van der Waals surface area contributed by atoms with Crippen molar-refractivity contribution >= 4 is 27.5 Å². The fourth-order valence-electron chi connectivity index (χ4n) is 3.28. The van der Waals surface area contributed by atoms with E-state index in [1.165, 1.54) is 11.8 Å². The Hall–Kier alpha value is -1.05. The molecule has 2 N–H and O–H groups in total. The van der Waals surface area contributed by atoms with Crippen molar-refractivity contribution in [3.63, 3.8) is 0 Å². The predicted molar refractivity (Wildman–Crippen MR) is 102 cm³/mol. The van der Waals surface area contributed by atoms with Crippen molar-refractivity contribution in [2.75, 3.05) is 18.8 Å². The molecule has 7 heteroatoms. The molecule has 1 fully saturated rings. The molecule has 1 amide bonds. The fourth-order valence-corrected chi connectivity index (χ4v) is 6.18. The molecule has 5 nitrogen and oxygen atoms in total. The zero-order valence-electron chi connectivity index (χ0n) is 15.1. The van der Waals surface area contributed by atoms with Gasteiger partial charge in [0.05, 0.1) is 15.9 Å². The number of sulfone groups is 1. The number of rotatable bonds is 7. The minimum absolute atomic E-state index is 0.0520. The van der Waals surface area contributed by atoms with E-state index >= 15 is 0 Å². The molecular formula is C18H28N2O3S2. The molecule has 1 saturated heterocycles. The van der Waals surface area contributed by atoms with Crippen LogP contribution >= 0.6 is 11.8 Å². The first-order valence-electron chi connectivity index (χ1n) is 8.79. The third-order valence-electron chi connectivity index (χ3n) is 4.59. The zero-order valence-corrected chi connectivity index (χ0v) is 16.8. The van der Waals surface area contributed by atoms with Gasteiger partial charge in [-0.3, -0.25) is 4.79 Å². The summed E-state index contributed by atoms with van der Waals surface area (Å²) in [6, 6.07) is 7.14. The van der Waals surface area contributed by atoms with Crippen LogP contribution in [0.25, 0.3) is 0 Å². The Morgan fingerprint density at radius 1 is 1.40 bits per heavy atom. The quantitative estimate of drug-likeness (QED) is 0.731. The lowest BCUT2D eigenvalue weighted by molar-refractivity contribution is -0.130. The van der Waals surface area contributed by atoms with Crippen molar-refractivity contribution in [1.82, 2.24) is 4.90 Å². The van der Waals surface area contributed by atoms with Crippen LogP contribution in [-0.4, -0.2) is 49.4 Å². The highest BCUT2D eigenvalue weighted by atomic mass is 32.2. The molecule has 1 heterocycles. The van der Waals surface area contributed by atoms with E-state index in [-0.39, 0.29) is 23.0 Å². The zero-order chi connectivity index (χ0) is 18.6. The van der Waals surface area contributed by atoms with Gasteiger partial charge in [-0.1, -0.05) is 19.1 Å². The first-order chi connectivity index (χ1) is 11.8. The first kappa shape index (κ1) is 20.3. The summed E-state index contributed by atoms with van der Waals surface area (Å²) in [7, 11) is -3.32. The van der Waals surface area contributed by atoms with Gasteiger partial charge < -0.3 is 10.6 Å². The lowest BCUT2D eigenvalue weighted by Crippen LogP contribution is -2.39. The molecule has 0 saturated carbocycles. The lowest BCUT2D eigenvalue weighted by atomic mass is 10.1. The number of carbonyl (C=O) groups is 1. The van der Waals surface area contributed by atoms with E-state index in [0.717, 1.165) is 6.42 Å². The van der Waals surface area contributed by atoms with Crippen molar-refractivity contribution in [1.29, 1.82) is 0 Å². The summed E-state index contributed by atoms with van der Waals surface area (Å²) in [5.41, 5.74) is 5.74. The Kier molecular flexibility index (Phi) is 6.93. The van der Waals surface area contributed by atoms with Gasteiger partial charge >= 0.3 is 0 Å². The fraction of sp³-hybridized carbons (Fsp3) is 0.611. The Bertz CT molecular complexity index is 706. The third kappa shape index (κ3) is 4.77. The molecule has 0 aromatic heterocycles. The van der Waals surface area contributed by atoms with Crippen LogP contribution in [0.4, 0.5) is 0 Å². The van der Waals surface area contributed by atoms with Gasteiger partial charge in [-0.05, 0) is 51.3 Å². The molecule has 25 heavy (non-hydrogen) atoms. The Labute approximate surface area is 155 Å². The van der Waals surface area contributed by atoms with Gasteiger partial charge in [0.2, 0.25) is 5.91 Å². The van der Waals surface area contributed by atoms with Crippen LogP contribution in [0.1, 0.15) is 33.6 Å². The van der Waals surface area contributed by atoms with Crippen molar-refractivity contribution in [2.45, 2.75) is 54.7 Å². The van der Waals surface area contributed by atoms with Crippen LogP contribution in [0, 0.1) is 5.92 Å².